The molecule has 1 aliphatic heterocycles. The number of hydrogen-bond acceptors (Lipinski definition) is 7. The molecule has 2 fully saturated rings. The summed E-state index contributed by atoms with van der Waals surface area (Å²) in [6.45, 7) is 4.10. The Hall–Kier alpha value is -0.740. The van der Waals surface area contributed by atoms with Crippen molar-refractivity contribution in [2.45, 2.75) is 39.0 Å². The smallest absolute Gasteiger partial charge is 0.252 e. The largest absolute Gasteiger partial charge is 0.375 e. The topological polar surface area (TPSA) is 97.6 Å². The van der Waals surface area contributed by atoms with E-state index >= 15 is 0 Å². The van der Waals surface area contributed by atoms with Crippen molar-refractivity contribution in [1.82, 2.24) is 19.8 Å². The molecule has 0 radical (unpaired) electrons. The van der Waals surface area contributed by atoms with E-state index in [1.165, 1.54) is 12.8 Å². The summed E-state index contributed by atoms with van der Waals surface area (Å²) in [5.41, 5.74) is 0. The van der Waals surface area contributed by atoms with Gasteiger partial charge < -0.3 is 9.26 Å². The average molecular weight is 381 g/mol. The second-order valence-corrected chi connectivity index (χ2v) is 8.40. The van der Waals surface area contributed by atoms with Crippen molar-refractivity contribution < 1.29 is 17.7 Å². The lowest BCUT2D eigenvalue weighted by Gasteiger charge is -2.18. The Bertz CT molecular complexity index is 634. The van der Waals surface area contributed by atoms with Crippen molar-refractivity contribution in [3.05, 3.63) is 11.7 Å². The van der Waals surface area contributed by atoms with E-state index in [0.29, 0.717) is 43.2 Å². The van der Waals surface area contributed by atoms with Crippen LogP contribution in [-0.4, -0.2) is 55.5 Å². The number of methoxy groups -OCH3 is 1. The summed E-state index contributed by atoms with van der Waals surface area (Å²) >= 11 is 0. The van der Waals surface area contributed by atoms with Crippen molar-refractivity contribution in [1.29, 1.82) is 0 Å². The Morgan fingerprint density at radius 1 is 1.38 bits per heavy atom. The summed E-state index contributed by atoms with van der Waals surface area (Å²) < 4.78 is 36.7. The highest BCUT2D eigenvalue weighted by Gasteiger charge is 2.43. The fourth-order valence-corrected chi connectivity index (χ4v) is 4.10. The number of nitrogens with zero attached hydrogens (tertiary/aromatic N) is 3. The highest BCUT2D eigenvalue weighted by Crippen LogP contribution is 2.41. The third-order valence-electron chi connectivity index (χ3n) is 4.52. The minimum atomic E-state index is -3.18. The molecule has 0 spiro atoms. The zero-order valence-corrected chi connectivity index (χ0v) is 15.6. The Morgan fingerprint density at radius 3 is 2.75 bits per heavy atom. The molecule has 2 heterocycles. The maximum absolute atomic E-state index is 11.9. The number of sulfonamides is 1. The Labute approximate surface area is 148 Å². The molecule has 1 saturated carbocycles. The molecule has 24 heavy (non-hydrogen) atoms. The highest BCUT2D eigenvalue weighted by molar-refractivity contribution is 7.89. The number of rotatable bonds is 8. The third-order valence-corrected chi connectivity index (χ3v) is 5.94. The van der Waals surface area contributed by atoms with Gasteiger partial charge in [0.1, 0.15) is 6.61 Å². The molecule has 3 rings (SSSR count). The summed E-state index contributed by atoms with van der Waals surface area (Å²) in [4.78, 5) is 6.48. The standard InChI is InChI=1S/C14H24N4O4S.ClH/c1-3-23(19,20)17-12-7-18(6-11(12)10-4-5-10)8-13-15-14(9-21-2)22-16-13;/h10-12,17H,3-9H2,1-2H3;1H/t11-,12+;/m1./s1. The van der Waals surface area contributed by atoms with Crippen LogP contribution in [0.2, 0.25) is 0 Å². The van der Waals surface area contributed by atoms with Crippen LogP contribution >= 0.6 is 12.4 Å². The highest BCUT2D eigenvalue weighted by atomic mass is 35.5. The fourth-order valence-electron chi connectivity index (χ4n) is 3.22. The van der Waals surface area contributed by atoms with Gasteiger partial charge in [-0.25, -0.2) is 13.1 Å². The lowest BCUT2D eigenvalue weighted by molar-refractivity contribution is 0.151. The van der Waals surface area contributed by atoms with Crippen LogP contribution in [0.25, 0.3) is 0 Å². The molecule has 1 N–H and O–H groups in total. The van der Waals surface area contributed by atoms with Crippen molar-refractivity contribution in [3.8, 4) is 0 Å². The van der Waals surface area contributed by atoms with E-state index in [1.54, 1.807) is 14.0 Å². The normalized spacial score (nSPS) is 24.9. The van der Waals surface area contributed by atoms with Gasteiger partial charge in [0.2, 0.25) is 10.0 Å². The van der Waals surface area contributed by atoms with Gasteiger partial charge >= 0.3 is 0 Å². The summed E-state index contributed by atoms with van der Waals surface area (Å²) in [7, 11) is -1.61. The van der Waals surface area contributed by atoms with Gasteiger partial charge in [0.15, 0.2) is 5.82 Å². The molecule has 0 bridgehead atoms. The van der Waals surface area contributed by atoms with E-state index in [9.17, 15) is 8.42 Å². The van der Waals surface area contributed by atoms with Gasteiger partial charge in [-0.2, -0.15) is 4.98 Å². The van der Waals surface area contributed by atoms with E-state index in [-0.39, 0.29) is 24.2 Å². The Kier molecular flexibility index (Phi) is 6.60. The van der Waals surface area contributed by atoms with Gasteiger partial charge in [-0.05, 0) is 31.6 Å². The van der Waals surface area contributed by atoms with Crippen LogP contribution in [0, 0.1) is 11.8 Å². The van der Waals surface area contributed by atoms with E-state index in [4.69, 9.17) is 9.26 Å². The summed E-state index contributed by atoms with van der Waals surface area (Å²) in [5.74, 6) is 2.21. The van der Waals surface area contributed by atoms with E-state index in [1.807, 2.05) is 0 Å². The zero-order valence-electron chi connectivity index (χ0n) is 14.0. The van der Waals surface area contributed by atoms with Crippen LogP contribution in [0.5, 0.6) is 0 Å². The molecule has 1 saturated heterocycles. The predicted molar refractivity (Wildman–Crippen MR) is 90.1 cm³/mol. The summed E-state index contributed by atoms with van der Waals surface area (Å²) in [6, 6.07) is -0.0159. The first-order valence-electron chi connectivity index (χ1n) is 8.03. The molecule has 2 atom stereocenters. The van der Waals surface area contributed by atoms with Crippen LogP contribution < -0.4 is 4.72 Å². The maximum atomic E-state index is 11.9. The molecule has 1 aromatic rings. The second kappa shape index (κ2) is 8.09. The molecule has 0 unspecified atom stereocenters. The molecule has 138 valence electrons. The number of ether oxygens (including phenoxy) is 1. The first-order chi connectivity index (χ1) is 11.0. The fraction of sp³-hybridized carbons (Fsp3) is 0.857. The van der Waals surface area contributed by atoms with Crippen LogP contribution in [-0.2, 0) is 27.9 Å². The molecule has 0 amide bonds. The van der Waals surface area contributed by atoms with Crippen molar-refractivity contribution in [2.75, 3.05) is 26.0 Å². The number of halogens is 1. The van der Waals surface area contributed by atoms with Crippen LogP contribution in [0.3, 0.4) is 0 Å². The molecular weight excluding hydrogens is 356 g/mol. The lowest BCUT2D eigenvalue weighted by atomic mass is 9.99. The van der Waals surface area contributed by atoms with Crippen LogP contribution in [0.15, 0.2) is 4.52 Å². The number of hydrogen-bond donors (Lipinski definition) is 1. The molecular formula is C14H25ClN4O4S. The minimum absolute atomic E-state index is 0. The summed E-state index contributed by atoms with van der Waals surface area (Å²) in [6.07, 6.45) is 2.39. The van der Waals surface area contributed by atoms with Gasteiger partial charge in [0.05, 0.1) is 12.3 Å². The number of likely N-dealkylation sites (tertiary alicyclic amines) is 1. The molecule has 0 aromatic carbocycles. The monoisotopic (exact) mass is 380 g/mol. The van der Waals surface area contributed by atoms with Crippen LogP contribution in [0.1, 0.15) is 31.5 Å². The van der Waals surface area contributed by atoms with Crippen LogP contribution in [0.4, 0.5) is 0 Å². The van der Waals surface area contributed by atoms with Gasteiger partial charge in [-0.15, -0.1) is 12.4 Å². The Morgan fingerprint density at radius 2 is 2.12 bits per heavy atom. The van der Waals surface area contributed by atoms with Crippen molar-refractivity contribution in [3.63, 3.8) is 0 Å². The lowest BCUT2D eigenvalue weighted by Crippen LogP contribution is -2.41. The molecule has 1 aromatic heterocycles. The summed E-state index contributed by atoms with van der Waals surface area (Å²) in [5, 5.41) is 3.95. The molecule has 8 nitrogen and oxygen atoms in total. The van der Waals surface area contributed by atoms with Crippen molar-refractivity contribution in [2.24, 2.45) is 11.8 Å². The van der Waals surface area contributed by atoms with Crippen molar-refractivity contribution >= 4 is 22.4 Å². The Balaban J connectivity index is 0.00000208. The zero-order chi connectivity index (χ0) is 16.4. The van der Waals surface area contributed by atoms with E-state index in [2.05, 4.69) is 19.8 Å². The quantitative estimate of drug-likeness (QED) is 0.711. The molecule has 10 heteroatoms. The second-order valence-electron chi connectivity index (χ2n) is 6.36. The first-order valence-corrected chi connectivity index (χ1v) is 9.68. The van der Waals surface area contributed by atoms with Gasteiger partial charge in [0.25, 0.3) is 5.89 Å². The molecule has 1 aliphatic carbocycles. The third kappa shape index (κ3) is 4.89. The first kappa shape index (κ1) is 19.6. The predicted octanol–water partition coefficient (Wildman–Crippen LogP) is 0.787. The van der Waals surface area contributed by atoms with Gasteiger partial charge in [0, 0.05) is 26.2 Å². The maximum Gasteiger partial charge on any atom is 0.252 e. The number of aromatic nitrogens is 2. The average Bonchev–Trinajstić information content (AvgIpc) is 3.15. The minimum Gasteiger partial charge on any atom is -0.375 e. The van der Waals surface area contributed by atoms with Gasteiger partial charge in [-0.1, -0.05) is 5.16 Å². The van der Waals surface area contributed by atoms with E-state index in [0.717, 1.165) is 6.54 Å². The number of nitrogens with one attached hydrogen (secondary N) is 1. The van der Waals surface area contributed by atoms with E-state index < -0.39 is 10.0 Å². The van der Waals surface area contributed by atoms with Gasteiger partial charge in [-0.3, -0.25) is 4.90 Å². The SMILES string of the molecule is CCS(=O)(=O)N[C@H]1CN(Cc2noc(COC)n2)C[C@@H]1C1CC1.Cl. The molecule has 2 aliphatic rings.